The quantitative estimate of drug-likeness (QED) is 0.479. The van der Waals surface area contributed by atoms with Crippen molar-refractivity contribution in [1.82, 2.24) is 29.5 Å². The lowest BCUT2D eigenvalue weighted by atomic mass is 9.90. The fourth-order valence-electron chi connectivity index (χ4n) is 5.42. The highest BCUT2D eigenvalue weighted by Gasteiger charge is 2.30. The van der Waals surface area contributed by atoms with Crippen molar-refractivity contribution >= 4 is 24.0 Å². The number of hydrogen-bond acceptors (Lipinski definition) is 9. The third-order valence-electron chi connectivity index (χ3n) is 7.67. The molecule has 2 fully saturated rings. The molecule has 1 saturated heterocycles. The van der Waals surface area contributed by atoms with Gasteiger partial charge in [0.2, 0.25) is 11.8 Å². The fourth-order valence-corrected chi connectivity index (χ4v) is 5.42. The first-order chi connectivity index (χ1) is 18.9. The molecule has 0 bridgehead atoms. The SMILES string of the molecule is CN1CCN(C2CCC(n3cc(NC(=O)c4coc(C5C=NN=C5)n4)c(-c4nc(F)ccc4F)n3)CC2)CC1. The van der Waals surface area contributed by atoms with Crippen LogP contribution >= 0.6 is 0 Å². The Bertz CT molecular complexity index is 1390. The summed E-state index contributed by atoms with van der Waals surface area (Å²) in [5.41, 5.74) is 0.0270. The van der Waals surface area contributed by atoms with Gasteiger partial charge in [-0.2, -0.15) is 19.7 Å². The molecule has 0 atom stereocenters. The lowest BCUT2D eigenvalue weighted by Gasteiger charge is -2.41. The number of carbonyl (C=O) groups is 1. The average molecular weight is 538 g/mol. The lowest BCUT2D eigenvalue weighted by molar-refractivity contribution is 0.0811. The Morgan fingerprint density at radius 3 is 2.44 bits per heavy atom. The van der Waals surface area contributed by atoms with Gasteiger partial charge in [-0.25, -0.2) is 14.4 Å². The van der Waals surface area contributed by atoms with E-state index in [4.69, 9.17) is 4.42 Å². The van der Waals surface area contributed by atoms with Crippen LogP contribution in [0.4, 0.5) is 14.5 Å². The van der Waals surface area contributed by atoms with Gasteiger partial charge in [-0.3, -0.25) is 14.4 Å². The molecule has 39 heavy (non-hydrogen) atoms. The minimum Gasteiger partial charge on any atom is -0.447 e. The zero-order valence-electron chi connectivity index (χ0n) is 21.5. The number of carbonyl (C=O) groups excluding carboxylic acids is 1. The molecule has 1 amide bonds. The summed E-state index contributed by atoms with van der Waals surface area (Å²) in [5.74, 6) is -2.23. The number of oxazole rings is 1. The van der Waals surface area contributed by atoms with E-state index in [1.54, 1.807) is 23.3 Å². The van der Waals surface area contributed by atoms with E-state index in [-0.39, 0.29) is 40.6 Å². The Morgan fingerprint density at radius 1 is 0.974 bits per heavy atom. The van der Waals surface area contributed by atoms with Crippen LogP contribution < -0.4 is 5.32 Å². The smallest absolute Gasteiger partial charge is 0.277 e. The van der Waals surface area contributed by atoms with E-state index in [1.807, 2.05) is 0 Å². The Kier molecular flexibility index (Phi) is 7.00. The Morgan fingerprint density at radius 2 is 1.69 bits per heavy atom. The second-order valence-electron chi connectivity index (χ2n) is 10.2. The first-order valence-electron chi connectivity index (χ1n) is 13.1. The number of halogens is 2. The lowest BCUT2D eigenvalue weighted by Crippen LogP contribution is -2.49. The van der Waals surface area contributed by atoms with Crippen molar-refractivity contribution in [2.24, 2.45) is 10.2 Å². The molecule has 0 spiro atoms. The molecule has 6 rings (SSSR count). The molecule has 13 heteroatoms. The van der Waals surface area contributed by atoms with Crippen molar-refractivity contribution in [3.8, 4) is 11.4 Å². The van der Waals surface area contributed by atoms with Crippen molar-refractivity contribution in [2.45, 2.75) is 43.7 Å². The second kappa shape index (κ2) is 10.7. The summed E-state index contributed by atoms with van der Waals surface area (Å²) >= 11 is 0. The van der Waals surface area contributed by atoms with Gasteiger partial charge in [0, 0.05) is 50.8 Å². The van der Waals surface area contributed by atoms with E-state index in [1.165, 1.54) is 6.26 Å². The topological polar surface area (TPSA) is 117 Å². The molecule has 3 aliphatic rings. The molecule has 0 aromatic carbocycles. The van der Waals surface area contributed by atoms with Gasteiger partial charge in [-0.15, -0.1) is 0 Å². The van der Waals surface area contributed by atoms with Crippen LogP contribution in [-0.2, 0) is 0 Å². The van der Waals surface area contributed by atoms with Crippen LogP contribution in [0.2, 0.25) is 0 Å². The van der Waals surface area contributed by atoms with E-state index >= 15 is 0 Å². The second-order valence-corrected chi connectivity index (χ2v) is 10.2. The predicted octanol–water partition coefficient (Wildman–Crippen LogP) is 3.35. The van der Waals surface area contributed by atoms with Crippen LogP contribution in [0.25, 0.3) is 11.4 Å². The first kappa shape index (κ1) is 25.4. The maximum absolute atomic E-state index is 14.8. The number of hydrogen-bond donors (Lipinski definition) is 1. The van der Waals surface area contributed by atoms with Crippen LogP contribution in [0.15, 0.2) is 39.2 Å². The van der Waals surface area contributed by atoms with Crippen LogP contribution in [0.1, 0.15) is 54.0 Å². The van der Waals surface area contributed by atoms with E-state index in [0.29, 0.717) is 6.04 Å². The molecule has 3 aromatic rings. The fraction of sp³-hybridized carbons (Fsp3) is 0.462. The Balaban J connectivity index is 1.22. The van der Waals surface area contributed by atoms with E-state index < -0.39 is 17.7 Å². The molecule has 0 unspecified atom stereocenters. The predicted molar refractivity (Wildman–Crippen MR) is 140 cm³/mol. The molecular formula is C26H29F2N9O2. The highest BCUT2D eigenvalue weighted by atomic mass is 19.1. The maximum atomic E-state index is 14.8. The van der Waals surface area contributed by atoms with E-state index in [9.17, 15) is 13.6 Å². The summed E-state index contributed by atoms with van der Waals surface area (Å²) in [4.78, 5) is 25.9. The van der Waals surface area contributed by atoms with E-state index in [2.05, 4.69) is 47.4 Å². The number of anilines is 1. The van der Waals surface area contributed by atoms with Gasteiger partial charge in [0.15, 0.2) is 11.5 Å². The number of rotatable bonds is 6. The maximum Gasteiger partial charge on any atom is 0.277 e. The summed E-state index contributed by atoms with van der Waals surface area (Å²) < 4.78 is 35.9. The Labute approximate surface area is 223 Å². The number of amides is 1. The third kappa shape index (κ3) is 5.36. The molecule has 204 valence electrons. The summed E-state index contributed by atoms with van der Waals surface area (Å²) in [7, 11) is 2.15. The van der Waals surface area contributed by atoms with Crippen molar-refractivity contribution in [3.63, 3.8) is 0 Å². The number of nitrogens with zero attached hydrogens (tertiary/aromatic N) is 8. The number of pyridine rings is 1. The number of likely N-dealkylation sites (N-methyl/N-ethyl adjacent to an activating group) is 1. The van der Waals surface area contributed by atoms with Gasteiger partial charge in [-0.1, -0.05) is 0 Å². The number of nitrogens with one attached hydrogen (secondary N) is 1. The summed E-state index contributed by atoms with van der Waals surface area (Å²) in [6.07, 6.45) is 9.82. The zero-order valence-corrected chi connectivity index (χ0v) is 21.5. The van der Waals surface area contributed by atoms with Crippen LogP contribution in [0.3, 0.4) is 0 Å². The van der Waals surface area contributed by atoms with Crippen LogP contribution in [0.5, 0.6) is 0 Å². The highest BCUT2D eigenvalue weighted by Crippen LogP contribution is 2.35. The summed E-state index contributed by atoms with van der Waals surface area (Å²) in [6, 6.07) is 2.54. The van der Waals surface area contributed by atoms with Crippen LogP contribution in [0, 0.1) is 11.8 Å². The van der Waals surface area contributed by atoms with Crippen LogP contribution in [-0.4, -0.2) is 87.2 Å². The van der Waals surface area contributed by atoms with Gasteiger partial charge in [0.1, 0.15) is 23.6 Å². The van der Waals surface area contributed by atoms with Gasteiger partial charge >= 0.3 is 0 Å². The van der Waals surface area contributed by atoms with Gasteiger partial charge in [0.25, 0.3) is 5.91 Å². The van der Waals surface area contributed by atoms with Crippen molar-refractivity contribution in [1.29, 1.82) is 0 Å². The molecule has 5 heterocycles. The third-order valence-corrected chi connectivity index (χ3v) is 7.67. The molecule has 1 aliphatic carbocycles. The molecule has 2 aliphatic heterocycles. The molecule has 0 radical (unpaired) electrons. The summed E-state index contributed by atoms with van der Waals surface area (Å²) in [6.45, 7) is 4.30. The first-order valence-corrected chi connectivity index (χ1v) is 13.1. The average Bonchev–Trinajstić information content (AvgIpc) is 3.72. The molecule has 1 saturated carbocycles. The zero-order chi connectivity index (χ0) is 26.9. The summed E-state index contributed by atoms with van der Waals surface area (Å²) in [5, 5.41) is 14.9. The van der Waals surface area contributed by atoms with Gasteiger partial charge < -0.3 is 14.6 Å². The monoisotopic (exact) mass is 537 g/mol. The Hall–Kier alpha value is -3.84. The molecule has 11 nitrogen and oxygen atoms in total. The van der Waals surface area contributed by atoms with Gasteiger partial charge in [0.05, 0.1) is 11.7 Å². The number of piperazine rings is 1. The molecular weight excluding hydrogens is 508 g/mol. The van der Waals surface area contributed by atoms with Crippen molar-refractivity contribution < 1.29 is 18.0 Å². The minimum absolute atomic E-state index is 0.0257. The normalized spacial score (nSPS) is 22.5. The highest BCUT2D eigenvalue weighted by molar-refractivity contribution is 6.04. The van der Waals surface area contributed by atoms with Crippen molar-refractivity contribution in [2.75, 3.05) is 38.5 Å². The van der Waals surface area contributed by atoms with Crippen molar-refractivity contribution in [3.05, 3.63) is 47.9 Å². The molecule has 3 aromatic heterocycles. The van der Waals surface area contributed by atoms with Gasteiger partial charge in [-0.05, 0) is 44.9 Å². The molecule has 1 N–H and O–H groups in total. The van der Waals surface area contributed by atoms with E-state index in [0.717, 1.165) is 64.0 Å². The number of aromatic nitrogens is 4. The largest absolute Gasteiger partial charge is 0.447 e. The minimum atomic E-state index is -0.841. The standard InChI is InChI=1S/C26H29F2N9O2/c1-35-8-10-36(11-9-35)17-2-4-18(5-3-17)37-14-20(24(34-37)23-19(27)6-7-22(28)33-23)31-25(38)21-15-39-26(32-21)16-12-29-30-13-16/h6-7,12-18H,2-5,8-11H2,1H3,(H,31,38).